The fourth-order valence-corrected chi connectivity index (χ4v) is 4.09. The molecule has 2 unspecified atom stereocenters. The Kier molecular flexibility index (Phi) is 4.22. The molecule has 2 N–H and O–H groups in total. The molecule has 0 amide bonds. The van der Waals surface area contributed by atoms with Crippen LogP contribution in [0.15, 0.2) is 23.1 Å². The first kappa shape index (κ1) is 15.1. The molecule has 1 aromatic rings. The number of hydrogen-bond acceptors (Lipinski definition) is 5. The lowest BCUT2D eigenvalue weighted by Gasteiger charge is -2.23. The molecule has 1 fully saturated rings. The number of ether oxygens (including phenoxy) is 2. The van der Waals surface area contributed by atoms with Crippen molar-refractivity contribution >= 4 is 10.0 Å². The van der Waals surface area contributed by atoms with Crippen LogP contribution in [0.1, 0.15) is 13.3 Å². The van der Waals surface area contributed by atoms with Gasteiger partial charge in [0.1, 0.15) is 0 Å². The van der Waals surface area contributed by atoms with Crippen LogP contribution in [0, 0.1) is 0 Å². The van der Waals surface area contributed by atoms with Gasteiger partial charge in [-0.05, 0) is 25.5 Å². The average molecular weight is 300 g/mol. The Bertz CT molecular complexity index is 588. The number of nitrogens with zero attached hydrogens (tertiary/aromatic N) is 1. The van der Waals surface area contributed by atoms with E-state index in [0.717, 1.165) is 0 Å². The van der Waals surface area contributed by atoms with Crippen LogP contribution in [0.3, 0.4) is 0 Å². The van der Waals surface area contributed by atoms with E-state index in [1.807, 2.05) is 6.92 Å². The molecule has 1 aliphatic heterocycles. The smallest absolute Gasteiger partial charge is 0.243 e. The van der Waals surface area contributed by atoms with Gasteiger partial charge in [0.15, 0.2) is 11.5 Å². The maximum absolute atomic E-state index is 12.6. The molecule has 0 saturated carbocycles. The number of benzene rings is 1. The van der Waals surface area contributed by atoms with Crippen molar-refractivity contribution in [3.05, 3.63) is 18.2 Å². The Hall–Kier alpha value is -1.31. The van der Waals surface area contributed by atoms with Crippen LogP contribution < -0.4 is 15.2 Å². The minimum Gasteiger partial charge on any atom is -0.493 e. The maximum atomic E-state index is 12.6. The fraction of sp³-hybridized carbons (Fsp3) is 0.538. The third kappa shape index (κ3) is 2.48. The van der Waals surface area contributed by atoms with Crippen LogP contribution in [0.4, 0.5) is 0 Å². The molecule has 6 nitrogen and oxygen atoms in total. The molecular weight excluding hydrogens is 280 g/mol. The summed E-state index contributed by atoms with van der Waals surface area (Å²) >= 11 is 0. The number of sulfonamides is 1. The van der Waals surface area contributed by atoms with Gasteiger partial charge in [-0.3, -0.25) is 0 Å². The zero-order chi connectivity index (χ0) is 14.9. The molecule has 0 spiro atoms. The monoisotopic (exact) mass is 300 g/mol. The third-order valence-electron chi connectivity index (χ3n) is 3.72. The molecule has 2 atom stereocenters. The van der Waals surface area contributed by atoms with Crippen molar-refractivity contribution in [1.82, 2.24) is 4.31 Å². The van der Waals surface area contributed by atoms with E-state index in [2.05, 4.69) is 0 Å². The molecule has 2 rings (SSSR count). The third-order valence-corrected chi connectivity index (χ3v) is 5.70. The molecule has 112 valence electrons. The predicted octanol–water partition coefficient (Wildman–Crippen LogP) is 0.814. The van der Waals surface area contributed by atoms with Gasteiger partial charge < -0.3 is 15.2 Å². The van der Waals surface area contributed by atoms with Gasteiger partial charge in [-0.25, -0.2) is 8.42 Å². The van der Waals surface area contributed by atoms with E-state index in [4.69, 9.17) is 15.2 Å². The van der Waals surface area contributed by atoms with Gasteiger partial charge in [0.25, 0.3) is 0 Å². The second-order valence-electron chi connectivity index (χ2n) is 4.83. The SMILES string of the molecule is COc1ccc(S(=O)(=O)N2CCC(N)C2C)cc1OC. The second kappa shape index (κ2) is 5.59. The first-order valence-electron chi connectivity index (χ1n) is 6.41. The van der Waals surface area contributed by atoms with Gasteiger partial charge in [-0.1, -0.05) is 0 Å². The summed E-state index contributed by atoms with van der Waals surface area (Å²) in [5, 5.41) is 0. The average Bonchev–Trinajstić information content (AvgIpc) is 2.78. The fourth-order valence-electron chi connectivity index (χ4n) is 2.39. The van der Waals surface area contributed by atoms with Gasteiger partial charge in [-0.15, -0.1) is 0 Å². The lowest BCUT2D eigenvalue weighted by Crippen LogP contribution is -2.40. The van der Waals surface area contributed by atoms with E-state index in [0.29, 0.717) is 24.5 Å². The lowest BCUT2D eigenvalue weighted by atomic mass is 10.2. The van der Waals surface area contributed by atoms with Gasteiger partial charge >= 0.3 is 0 Å². The largest absolute Gasteiger partial charge is 0.493 e. The summed E-state index contributed by atoms with van der Waals surface area (Å²) in [4.78, 5) is 0.191. The van der Waals surface area contributed by atoms with Crippen molar-refractivity contribution in [2.75, 3.05) is 20.8 Å². The molecule has 0 bridgehead atoms. The topological polar surface area (TPSA) is 81.9 Å². The summed E-state index contributed by atoms with van der Waals surface area (Å²) in [5.41, 5.74) is 5.89. The van der Waals surface area contributed by atoms with Crippen molar-refractivity contribution in [1.29, 1.82) is 0 Å². The molecule has 0 aliphatic carbocycles. The Balaban J connectivity index is 2.40. The van der Waals surface area contributed by atoms with Crippen molar-refractivity contribution in [2.24, 2.45) is 5.73 Å². The summed E-state index contributed by atoms with van der Waals surface area (Å²) in [6.07, 6.45) is 0.674. The zero-order valence-electron chi connectivity index (χ0n) is 11.9. The van der Waals surface area contributed by atoms with Crippen molar-refractivity contribution in [3.63, 3.8) is 0 Å². The van der Waals surface area contributed by atoms with Crippen molar-refractivity contribution in [2.45, 2.75) is 30.3 Å². The molecule has 1 heterocycles. The highest BCUT2D eigenvalue weighted by molar-refractivity contribution is 7.89. The van der Waals surface area contributed by atoms with Crippen molar-refractivity contribution in [3.8, 4) is 11.5 Å². The Morgan fingerprint density at radius 3 is 2.40 bits per heavy atom. The Morgan fingerprint density at radius 1 is 1.25 bits per heavy atom. The van der Waals surface area contributed by atoms with E-state index in [1.54, 1.807) is 6.07 Å². The first-order chi connectivity index (χ1) is 9.41. The van der Waals surface area contributed by atoms with E-state index >= 15 is 0 Å². The minimum atomic E-state index is -3.56. The van der Waals surface area contributed by atoms with E-state index in [9.17, 15) is 8.42 Å². The molecule has 0 aromatic heterocycles. The lowest BCUT2D eigenvalue weighted by molar-refractivity contribution is 0.353. The molecular formula is C13H20N2O4S. The highest BCUT2D eigenvalue weighted by Gasteiger charge is 2.37. The van der Waals surface area contributed by atoms with Crippen LogP contribution in [-0.2, 0) is 10.0 Å². The van der Waals surface area contributed by atoms with Gasteiger partial charge in [0.2, 0.25) is 10.0 Å². The number of rotatable bonds is 4. The molecule has 1 saturated heterocycles. The van der Waals surface area contributed by atoms with E-state index in [1.165, 1.54) is 30.7 Å². The van der Waals surface area contributed by atoms with Crippen LogP contribution >= 0.6 is 0 Å². The van der Waals surface area contributed by atoms with Gasteiger partial charge in [-0.2, -0.15) is 4.31 Å². The standard InChI is InChI=1S/C13H20N2O4S/c1-9-11(14)6-7-15(9)20(16,17)10-4-5-12(18-2)13(8-10)19-3/h4-5,8-9,11H,6-7,14H2,1-3H3. The summed E-state index contributed by atoms with van der Waals surface area (Å²) < 4.78 is 37.0. The number of nitrogens with two attached hydrogens (primary N) is 1. The summed E-state index contributed by atoms with van der Waals surface area (Å²) in [7, 11) is -0.578. The molecule has 0 radical (unpaired) electrons. The minimum absolute atomic E-state index is 0.120. The maximum Gasteiger partial charge on any atom is 0.243 e. The summed E-state index contributed by atoms with van der Waals surface area (Å²) in [6, 6.07) is 4.27. The van der Waals surface area contributed by atoms with Crippen LogP contribution in [0.25, 0.3) is 0 Å². The van der Waals surface area contributed by atoms with Gasteiger partial charge in [0.05, 0.1) is 19.1 Å². The molecule has 1 aromatic carbocycles. The number of methoxy groups -OCH3 is 2. The van der Waals surface area contributed by atoms with E-state index in [-0.39, 0.29) is 17.0 Å². The van der Waals surface area contributed by atoms with Crippen LogP contribution in [0.2, 0.25) is 0 Å². The first-order valence-corrected chi connectivity index (χ1v) is 7.85. The molecule has 1 aliphatic rings. The zero-order valence-corrected chi connectivity index (χ0v) is 12.7. The normalized spacial score (nSPS) is 23.8. The summed E-state index contributed by atoms with van der Waals surface area (Å²) in [6.45, 7) is 2.27. The molecule has 7 heteroatoms. The van der Waals surface area contributed by atoms with Crippen molar-refractivity contribution < 1.29 is 17.9 Å². The quantitative estimate of drug-likeness (QED) is 0.890. The van der Waals surface area contributed by atoms with Gasteiger partial charge in [0, 0.05) is 24.7 Å². The van der Waals surface area contributed by atoms with Crippen LogP contribution in [0.5, 0.6) is 11.5 Å². The number of hydrogen-bond donors (Lipinski definition) is 1. The highest BCUT2D eigenvalue weighted by Crippen LogP contribution is 2.32. The summed E-state index contributed by atoms with van der Waals surface area (Å²) in [5.74, 6) is 0.891. The molecule has 20 heavy (non-hydrogen) atoms. The highest BCUT2D eigenvalue weighted by atomic mass is 32.2. The Labute approximate surface area is 119 Å². The predicted molar refractivity (Wildman–Crippen MR) is 75.5 cm³/mol. The Morgan fingerprint density at radius 2 is 1.90 bits per heavy atom. The van der Waals surface area contributed by atoms with Crippen LogP contribution in [-0.4, -0.2) is 45.6 Å². The van der Waals surface area contributed by atoms with E-state index < -0.39 is 10.0 Å². The second-order valence-corrected chi connectivity index (χ2v) is 6.72.